The smallest absolute Gasteiger partial charge is 0.335 e. The Labute approximate surface area is 90.6 Å². The molecule has 1 aromatic rings. The van der Waals surface area contributed by atoms with Crippen LogP contribution in [0.1, 0.15) is 19.4 Å². The van der Waals surface area contributed by atoms with Crippen LogP contribution in [0.15, 0.2) is 36.9 Å². The molecule has 0 amide bonds. The molecule has 2 heteroatoms. The highest BCUT2D eigenvalue weighted by Gasteiger charge is 2.01. The van der Waals surface area contributed by atoms with Crippen molar-refractivity contribution in [2.24, 2.45) is 5.92 Å². The topological polar surface area (TPSA) is 26.3 Å². The van der Waals surface area contributed by atoms with Gasteiger partial charge in [0.2, 0.25) is 0 Å². The maximum absolute atomic E-state index is 10.9. The summed E-state index contributed by atoms with van der Waals surface area (Å²) in [7, 11) is 0. The molecule has 0 aliphatic carbocycles. The zero-order chi connectivity index (χ0) is 11.3. The van der Waals surface area contributed by atoms with Crippen LogP contribution >= 0.6 is 0 Å². The van der Waals surface area contributed by atoms with Gasteiger partial charge in [0.25, 0.3) is 0 Å². The van der Waals surface area contributed by atoms with E-state index in [1.807, 2.05) is 12.1 Å². The molecule has 0 unspecified atom stereocenters. The van der Waals surface area contributed by atoms with Crippen molar-refractivity contribution in [2.75, 3.05) is 0 Å². The summed E-state index contributed by atoms with van der Waals surface area (Å²) in [6.07, 6.45) is 2.19. The van der Waals surface area contributed by atoms with Gasteiger partial charge < -0.3 is 4.74 Å². The van der Waals surface area contributed by atoms with Crippen LogP contribution in [0.5, 0.6) is 5.75 Å². The van der Waals surface area contributed by atoms with Crippen LogP contribution in [0.25, 0.3) is 0 Å². The number of carbonyl (C=O) groups excluding carboxylic acids is 1. The fourth-order valence-electron chi connectivity index (χ4n) is 1.32. The van der Waals surface area contributed by atoms with Gasteiger partial charge in [-0.05, 0) is 30.0 Å². The van der Waals surface area contributed by atoms with E-state index in [9.17, 15) is 4.79 Å². The van der Waals surface area contributed by atoms with Gasteiger partial charge >= 0.3 is 5.97 Å². The van der Waals surface area contributed by atoms with Crippen molar-refractivity contribution in [3.8, 4) is 5.75 Å². The van der Waals surface area contributed by atoms with Gasteiger partial charge in [-0.2, -0.15) is 0 Å². The van der Waals surface area contributed by atoms with Crippen LogP contribution in [0.3, 0.4) is 0 Å². The molecule has 0 fully saturated rings. The van der Waals surface area contributed by atoms with E-state index in [4.69, 9.17) is 4.74 Å². The molecule has 2 nitrogen and oxygen atoms in total. The summed E-state index contributed by atoms with van der Waals surface area (Å²) in [5.74, 6) is 0.769. The molecule has 0 spiro atoms. The van der Waals surface area contributed by atoms with Crippen LogP contribution < -0.4 is 4.74 Å². The van der Waals surface area contributed by atoms with Gasteiger partial charge in [-0.15, -0.1) is 0 Å². The second kappa shape index (κ2) is 5.35. The zero-order valence-corrected chi connectivity index (χ0v) is 9.19. The van der Waals surface area contributed by atoms with E-state index in [0.29, 0.717) is 11.7 Å². The summed E-state index contributed by atoms with van der Waals surface area (Å²) in [5, 5.41) is 0. The van der Waals surface area contributed by atoms with E-state index in [0.717, 1.165) is 12.5 Å². The molecule has 1 aromatic carbocycles. The number of esters is 1. The average molecular weight is 204 g/mol. The zero-order valence-electron chi connectivity index (χ0n) is 9.19. The summed E-state index contributed by atoms with van der Waals surface area (Å²) in [6.45, 7) is 7.68. The Balaban J connectivity index is 2.63. The van der Waals surface area contributed by atoms with Crippen LogP contribution in [0.4, 0.5) is 0 Å². The van der Waals surface area contributed by atoms with Crippen molar-refractivity contribution in [1.82, 2.24) is 0 Å². The van der Waals surface area contributed by atoms with Gasteiger partial charge in [0.05, 0.1) is 0 Å². The van der Waals surface area contributed by atoms with Gasteiger partial charge in [-0.3, -0.25) is 0 Å². The maximum atomic E-state index is 10.9. The average Bonchev–Trinajstić information content (AvgIpc) is 2.20. The Hall–Kier alpha value is -1.57. The normalized spacial score (nSPS) is 10.1. The number of ether oxygens (including phenoxy) is 1. The standard InChI is InChI=1S/C13H16O2/c1-4-13(14)15-12-7-5-11(6-8-12)9-10(2)3/h4-8,10H,1,9H2,2-3H3. The van der Waals surface area contributed by atoms with Crippen molar-refractivity contribution < 1.29 is 9.53 Å². The fourth-order valence-corrected chi connectivity index (χ4v) is 1.32. The molecular weight excluding hydrogens is 188 g/mol. The first kappa shape index (κ1) is 11.5. The lowest BCUT2D eigenvalue weighted by atomic mass is 10.0. The third-order valence-corrected chi connectivity index (χ3v) is 1.95. The first-order valence-corrected chi connectivity index (χ1v) is 5.05. The molecule has 1 rings (SSSR count). The third-order valence-electron chi connectivity index (χ3n) is 1.95. The Morgan fingerprint density at radius 3 is 2.47 bits per heavy atom. The minimum atomic E-state index is -0.424. The minimum Gasteiger partial charge on any atom is -0.423 e. The second-order valence-electron chi connectivity index (χ2n) is 3.87. The van der Waals surface area contributed by atoms with Gasteiger partial charge in [0, 0.05) is 6.08 Å². The Morgan fingerprint density at radius 2 is 2.00 bits per heavy atom. The SMILES string of the molecule is C=CC(=O)Oc1ccc(CC(C)C)cc1. The van der Waals surface area contributed by atoms with Gasteiger partial charge in [0.15, 0.2) is 0 Å². The van der Waals surface area contributed by atoms with Crippen molar-refractivity contribution >= 4 is 5.97 Å². The lowest BCUT2D eigenvalue weighted by Gasteiger charge is -2.06. The molecule has 80 valence electrons. The van der Waals surface area contributed by atoms with E-state index >= 15 is 0 Å². The van der Waals surface area contributed by atoms with Crippen molar-refractivity contribution in [2.45, 2.75) is 20.3 Å². The largest absolute Gasteiger partial charge is 0.423 e. The first-order chi connectivity index (χ1) is 7.11. The molecule has 0 atom stereocenters. The molecule has 0 aliphatic heterocycles. The second-order valence-corrected chi connectivity index (χ2v) is 3.87. The summed E-state index contributed by atoms with van der Waals surface area (Å²) < 4.78 is 4.97. The molecule has 0 saturated carbocycles. The Morgan fingerprint density at radius 1 is 1.40 bits per heavy atom. The lowest BCUT2D eigenvalue weighted by molar-refractivity contribution is -0.128. The summed E-state index contributed by atoms with van der Waals surface area (Å²) in [4.78, 5) is 10.9. The van der Waals surface area contributed by atoms with E-state index in [2.05, 4.69) is 20.4 Å². The Bertz CT molecular complexity index is 336. The molecule has 15 heavy (non-hydrogen) atoms. The van der Waals surface area contributed by atoms with Crippen LogP contribution in [-0.4, -0.2) is 5.97 Å². The van der Waals surface area contributed by atoms with Crippen molar-refractivity contribution in [1.29, 1.82) is 0 Å². The highest BCUT2D eigenvalue weighted by Crippen LogP contribution is 2.15. The molecule has 0 saturated heterocycles. The van der Waals surface area contributed by atoms with Gasteiger partial charge in [-0.25, -0.2) is 4.79 Å². The number of carbonyl (C=O) groups is 1. The molecule has 0 radical (unpaired) electrons. The Kier molecular flexibility index (Phi) is 4.10. The predicted octanol–water partition coefficient (Wildman–Crippen LogP) is 2.98. The molecule has 0 heterocycles. The molecule has 0 aromatic heterocycles. The molecule has 0 aliphatic rings. The van der Waals surface area contributed by atoms with Crippen molar-refractivity contribution in [3.63, 3.8) is 0 Å². The summed E-state index contributed by atoms with van der Waals surface area (Å²) in [5.41, 5.74) is 1.25. The van der Waals surface area contributed by atoms with Gasteiger partial charge in [-0.1, -0.05) is 32.6 Å². The molecule has 0 N–H and O–H groups in total. The number of hydrogen-bond acceptors (Lipinski definition) is 2. The van der Waals surface area contributed by atoms with Crippen LogP contribution in [-0.2, 0) is 11.2 Å². The summed E-state index contributed by atoms with van der Waals surface area (Å²) >= 11 is 0. The van der Waals surface area contributed by atoms with E-state index in [-0.39, 0.29) is 0 Å². The van der Waals surface area contributed by atoms with E-state index < -0.39 is 5.97 Å². The highest BCUT2D eigenvalue weighted by molar-refractivity contribution is 5.83. The van der Waals surface area contributed by atoms with Crippen molar-refractivity contribution in [3.05, 3.63) is 42.5 Å². The van der Waals surface area contributed by atoms with Gasteiger partial charge in [0.1, 0.15) is 5.75 Å². The minimum absolute atomic E-state index is 0.424. The monoisotopic (exact) mass is 204 g/mol. The number of hydrogen-bond donors (Lipinski definition) is 0. The predicted molar refractivity (Wildman–Crippen MR) is 60.8 cm³/mol. The highest BCUT2D eigenvalue weighted by atomic mass is 16.5. The number of benzene rings is 1. The first-order valence-electron chi connectivity index (χ1n) is 5.05. The molecular formula is C13H16O2. The third kappa shape index (κ3) is 3.98. The molecule has 0 bridgehead atoms. The quantitative estimate of drug-likeness (QED) is 0.428. The fraction of sp³-hybridized carbons (Fsp3) is 0.308. The van der Waals surface area contributed by atoms with E-state index in [1.165, 1.54) is 5.56 Å². The van der Waals surface area contributed by atoms with Crippen LogP contribution in [0.2, 0.25) is 0 Å². The summed E-state index contributed by atoms with van der Waals surface area (Å²) in [6, 6.07) is 7.57. The van der Waals surface area contributed by atoms with Crippen LogP contribution in [0, 0.1) is 5.92 Å². The lowest BCUT2D eigenvalue weighted by Crippen LogP contribution is -2.03. The van der Waals surface area contributed by atoms with E-state index in [1.54, 1.807) is 12.1 Å². The maximum Gasteiger partial charge on any atom is 0.335 e. The number of rotatable bonds is 4.